The number of aromatic nitrogens is 1. The fraction of sp³-hybridized carbons (Fsp3) is 0.375. The topological polar surface area (TPSA) is 56.3 Å². The van der Waals surface area contributed by atoms with Gasteiger partial charge in [-0.3, -0.25) is 0 Å². The SMILES string of the molecule is COc1cc(S(=O)(=O)Cl)c(C(F)F)c(C)n1. The second-order valence-corrected chi connectivity index (χ2v) is 5.43. The van der Waals surface area contributed by atoms with Gasteiger partial charge in [-0.25, -0.2) is 22.2 Å². The van der Waals surface area contributed by atoms with Gasteiger partial charge in [0.25, 0.3) is 15.5 Å². The molecule has 90 valence electrons. The summed E-state index contributed by atoms with van der Waals surface area (Å²) in [6.07, 6.45) is -2.97. The Morgan fingerprint density at radius 2 is 2.06 bits per heavy atom. The third-order valence-electron chi connectivity index (χ3n) is 1.88. The molecule has 1 aromatic rings. The third-order valence-corrected chi connectivity index (χ3v) is 3.24. The maximum atomic E-state index is 12.7. The van der Waals surface area contributed by atoms with Gasteiger partial charge >= 0.3 is 0 Å². The van der Waals surface area contributed by atoms with Crippen molar-refractivity contribution in [2.24, 2.45) is 0 Å². The first-order valence-electron chi connectivity index (χ1n) is 4.05. The lowest BCUT2D eigenvalue weighted by molar-refractivity contribution is 0.146. The van der Waals surface area contributed by atoms with Gasteiger partial charge in [-0.05, 0) is 6.92 Å². The number of nitrogens with zero attached hydrogens (tertiary/aromatic N) is 1. The minimum absolute atomic E-state index is 0.0823. The second-order valence-electron chi connectivity index (χ2n) is 2.90. The van der Waals surface area contributed by atoms with E-state index in [-0.39, 0.29) is 11.6 Å². The summed E-state index contributed by atoms with van der Waals surface area (Å²) in [7, 11) is 2.05. The highest BCUT2D eigenvalue weighted by Crippen LogP contribution is 2.32. The molecule has 0 saturated carbocycles. The number of rotatable bonds is 3. The average molecular weight is 272 g/mol. The van der Waals surface area contributed by atoms with Crippen molar-refractivity contribution in [1.82, 2.24) is 4.98 Å². The molecule has 0 atom stereocenters. The van der Waals surface area contributed by atoms with Gasteiger partial charge in [0.2, 0.25) is 5.88 Å². The summed E-state index contributed by atoms with van der Waals surface area (Å²) in [6.45, 7) is 1.26. The quantitative estimate of drug-likeness (QED) is 0.792. The van der Waals surface area contributed by atoms with Gasteiger partial charge in [0.1, 0.15) is 0 Å². The highest BCUT2D eigenvalue weighted by molar-refractivity contribution is 8.13. The summed E-state index contributed by atoms with van der Waals surface area (Å²) < 4.78 is 52.2. The van der Waals surface area contributed by atoms with Crippen LogP contribution in [0.15, 0.2) is 11.0 Å². The maximum Gasteiger partial charge on any atom is 0.266 e. The summed E-state index contributed by atoms with van der Waals surface area (Å²) in [5.41, 5.74) is -0.829. The van der Waals surface area contributed by atoms with Crippen LogP contribution in [0.4, 0.5) is 8.78 Å². The van der Waals surface area contributed by atoms with Crippen molar-refractivity contribution >= 4 is 19.7 Å². The molecular weight excluding hydrogens is 264 g/mol. The Bertz CT molecular complexity index is 504. The van der Waals surface area contributed by atoms with Crippen LogP contribution in [0.1, 0.15) is 17.7 Å². The summed E-state index contributed by atoms with van der Waals surface area (Å²) >= 11 is 0. The maximum absolute atomic E-state index is 12.7. The summed E-state index contributed by atoms with van der Waals surface area (Å²) in [6, 6.07) is 0.872. The van der Waals surface area contributed by atoms with E-state index in [0.29, 0.717) is 0 Å². The Labute approximate surface area is 95.6 Å². The van der Waals surface area contributed by atoms with E-state index in [1.54, 1.807) is 0 Å². The van der Waals surface area contributed by atoms with Gasteiger partial charge in [-0.15, -0.1) is 0 Å². The first-order chi connectivity index (χ1) is 7.27. The lowest BCUT2D eigenvalue weighted by atomic mass is 10.2. The molecule has 0 unspecified atom stereocenters. The van der Waals surface area contributed by atoms with Gasteiger partial charge in [-0.2, -0.15) is 0 Å². The van der Waals surface area contributed by atoms with Crippen molar-refractivity contribution in [3.8, 4) is 5.88 Å². The molecule has 16 heavy (non-hydrogen) atoms. The number of hydrogen-bond donors (Lipinski definition) is 0. The van der Waals surface area contributed by atoms with Gasteiger partial charge in [0.05, 0.1) is 23.3 Å². The molecule has 0 aliphatic heterocycles. The zero-order valence-corrected chi connectivity index (χ0v) is 9.94. The van der Waals surface area contributed by atoms with Crippen molar-refractivity contribution in [2.45, 2.75) is 18.2 Å². The molecule has 1 rings (SSSR count). The van der Waals surface area contributed by atoms with E-state index in [9.17, 15) is 17.2 Å². The van der Waals surface area contributed by atoms with Crippen molar-refractivity contribution < 1.29 is 21.9 Å². The molecule has 0 aliphatic carbocycles. The summed E-state index contributed by atoms with van der Waals surface area (Å²) in [5.74, 6) is -0.0823. The standard InChI is InChI=1S/C8H8ClF2NO3S/c1-4-7(8(10)11)5(16(9,13)14)3-6(12-4)15-2/h3,8H,1-2H3. The Kier molecular flexibility index (Phi) is 3.69. The minimum Gasteiger partial charge on any atom is -0.481 e. The van der Waals surface area contributed by atoms with Gasteiger partial charge in [0.15, 0.2) is 0 Å². The number of aryl methyl sites for hydroxylation is 1. The Morgan fingerprint density at radius 1 is 1.50 bits per heavy atom. The molecule has 8 heteroatoms. The molecule has 0 radical (unpaired) electrons. The van der Waals surface area contributed by atoms with Gasteiger partial charge in [0, 0.05) is 16.7 Å². The van der Waals surface area contributed by atoms with E-state index in [1.807, 2.05) is 0 Å². The number of halogens is 3. The minimum atomic E-state index is -4.26. The number of hydrogen-bond acceptors (Lipinski definition) is 4. The van der Waals surface area contributed by atoms with Crippen molar-refractivity contribution in [1.29, 1.82) is 0 Å². The predicted octanol–water partition coefficient (Wildman–Crippen LogP) is 2.26. The van der Waals surface area contributed by atoms with E-state index in [1.165, 1.54) is 14.0 Å². The molecule has 0 fully saturated rings. The number of pyridine rings is 1. The molecular formula is C8H8ClF2NO3S. The molecule has 0 N–H and O–H groups in total. The van der Waals surface area contributed by atoms with Crippen molar-refractivity contribution in [3.05, 3.63) is 17.3 Å². The van der Waals surface area contributed by atoms with E-state index < -0.39 is 25.9 Å². The largest absolute Gasteiger partial charge is 0.481 e. The van der Waals surface area contributed by atoms with E-state index >= 15 is 0 Å². The van der Waals surface area contributed by atoms with Crippen LogP contribution >= 0.6 is 10.7 Å². The van der Waals surface area contributed by atoms with Crippen LogP contribution in [0.3, 0.4) is 0 Å². The van der Waals surface area contributed by atoms with Crippen LogP contribution in [0, 0.1) is 6.92 Å². The fourth-order valence-corrected chi connectivity index (χ4v) is 2.32. The highest BCUT2D eigenvalue weighted by Gasteiger charge is 2.26. The second kappa shape index (κ2) is 4.50. The van der Waals surface area contributed by atoms with Crippen LogP contribution in [0.2, 0.25) is 0 Å². The molecule has 0 spiro atoms. The van der Waals surface area contributed by atoms with Gasteiger partial charge in [-0.1, -0.05) is 0 Å². The van der Waals surface area contributed by atoms with E-state index in [4.69, 9.17) is 10.7 Å². The van der Waals surface area contributed by atoms with Crippen LogP contribution < -0.4 is 4.74 Å². The highest BCUT2D eigenvalue weighted by atomic mass is 35.7. The normalized spacial score (nSPS) is 11.9. The van der Waals surface area contributed by atoms with E-state index in [0.717, 1.165) is 6.07 Å². The number of methoxy groups -OCH3 is 1. The average Bonchev–Trinajstić information content (AvgIpc) is 2.14. The number of alkyl halides is 2. The first-order valence-corrected chi connectivity index (χ1v) is 6.36. The van der Waals surface area contributed by atoms with Crippen LogP contribution in [0.25, 0.3) is 0 Å². The molecule has 0 aliphatic rings. The zero-order valence-electron chi connectivity index (χ0n) is 8.37. The molecule has 0 aromatic carbocycles. The van der Waals surface area contributed by atoms with Crippen LogP contribution in [-0.2, 0) is 9.05 Å². The summed E-state index contributed by atoms with van der Waals surface area (Å²) in [4.78, 5) is 2.99. The fourth-order valence-electron chi connectivity index (χ4n) is 1.20. The lowest BCUT2D eigenvalue weighted by Crippen LogP contribution is -2.05. The lowest BCUT2D eigenvalue weighted by Gasteiger charge is -2.10. The molecule has 1 aromatic heterocycles. The Balaban J connectivity index is 3.60. The van der Waals surface area contributed by atoms with E-state index in [2.05, 4.69) is 9.72 Å². The molecule has 1 heterocycles. The molecule has 0 amide bonds. The molecule has 4 nitrogen and oxygen atoms in total. The Hall–Kier alpha value is -0.950. The van der Waals surface area contributed by atoms with Crippen LogP contribution in [-0.4, -0.2) is 20.5 Å². The summed E-state index contributed by atoms with van der Waals surface area (Å²) in [5, 5.41) is 0. The predicted molar refractivity (Wildman–Crippen MR) is 53.5 cm³/mol. The third kappa shape index (κ3) is 2.59. The van der Waals surface area contributed by atoms with Crippen molar-refractivity contribution in [2.75, 3.05) is 7.11 Å². The smallest absolute Gasteiger partial charge is 0.266 e. The Morgan fingerprint density at radius 3 is 2.44 bits per heavy atom. The van der Waals surface area contributed by atoms with Crippen LogP contribution in [0.5, 0.6) is 5.88 Å². The van der Waals surface area contributed by atoms with Gasteiger partial charge < -0.3 is 4.74 Å². The molecule has 0 saturated heterocycles. The number of ether oxygens (including phenoxy) is 1. The first kappa shape index (κ1) is 13.1. The zero-order chi connectivity index (χ0) is 12.5. The van der Waals surface area contributed by atoms with Crippen molar-refractivity contribution in [3.63, 3.8) is 0 Å². The molecule has 0 bridgehead atoms. The monoisotopic (exact) mass is 271 g/mol.